The first kappa shape index (κ1) is 18.6. The SMILES string of the molecule is CC(=O)N[C@@H](C=O)[C@@H](O)[C@H](O)[C@H](O)CO.[N-]=[N+]=N. The largest absolute Gasteiger partial charge is 0.394 e. The van der Waals surface area contributed by atoms with Crippen LogP contribution in [0.1, 0.15) is 6.92 Å². The smallest absolute Gasteiger partial charge is 0.217 e. The van der Waals surface area contributed by atoms with Crippen molar-refractivity contribution in [1.29, 1.82) is 5.53 Å². The van der Waals surface area contributed by atoms with Crippen LogP contribution in [0.2, 0.25) is 0 Å². The molecule has 10 heteroatoms. The van der Waals surface area contributed by atoms with E-state index >= 15 is 0 Å². The minimum absolute atomic E-state index is 0.235. The molecule has 0 aliphatic heterocycles. The maximum atomic E-state index is 10.6. The van der Waals surface area contributed by atoms with Crippen molar-refractivity contribution >= 4 is 12.2 Å². The van der Waals surface area contributed by atoms with Crippen LogP contribution in [0, 0.1) is 5.53 Å². The molecule has 0 heterocycles. The number of aldehydes is 1. The van der Waals surface area contributed by atoms with E-state index in [1.165, 1.54) is 0 Å². The lowest BCUT2D eigenvalue weighted by Gasteiger charge is -2.25. The number of carbonyl (C=O) groups is 2. The number of nitrogens with zero attached hydrogens (tertiary/aromatic N) is 2. The number of hydrogen-bond acceptors (Lipinski definition) is 7. The molecule has 0 bridgehead atoms. The summed E-state index contributed by atoms with van der Waals surface area (Å²) >= 11 is 0. The van der Waals surface area contributed by atoms with E-state index in [2.05, 4.69) is 5.32 Å². The van der Waals surface area contributed by atoms with Gasteiger partial charge in [0.05, 0.1) is 6.61 Å². The van der Waals surface area contributed by atoms with Gasteiger partial charge >= 0.3 is 0 Å². The van der Waals surface area contributed by atoms with Crippen molar-refractivity contribution in [3.63, 3.8) is 0 Å². The first-order valence-electron chi connectivity index (χ1n) is 4.73. The molecule has 104 valence electrons. The van der Waals surface area contributed by atoms with Gasteiger partial charge in [0.1, 0.15) is 30.6 Å². The summed E-state index contributed by atoms with van der Waals surface area (Å²) in [6.07, 6.45) is -4.72. The van der Waals surface area contributed by atoms with Crippen molar-refractivity contribution in [3.05, 3.63) is 10.4 Å². The Morgan fingerprint density at radius 1 is 1.44 bits per heavy atom. The zero-order valence-electron chi connectivity index (χ0n) is 9.59. The van der Waals surface area contributed by atoms with Gasteiger partial charge in [-0.1, -0.05) is 0 Å². The summed E-state index contributed by atoms with van der Waals surface area (Å²) in [6, 6.07) is -1.32. The van der Waals surface area contributed by atoms with Crippen molar-refractivity contribution in [1.82, 2.24) is 5.32 Å². The van der Waals surface area contributed by atoms with E-state index in [4.69, 9.17) is 21.3 Å². The summed E-state index contributed by atoms with van der Waals surface area (Å²) in [5.74, 6) is -0.558. The van der Waals surface area contributed by atoms with E-state index in [0.29, 0.717) is 0 Å². The molecule has 0 rings (SSSR count). The van der Waals surface area contributed by atoms with Crippen molar-refractivity contribution in [2.45, 2.75) is 31.3 Å². The minimum atomic E-state index is -1.71. The van der Waals surface area contributed by atoms with Crippen LogP contribution in [0.3, 0.4) is 0 Å². The van der Waals surface area contributed by atoms with Crippen LogP contribution in [0.25, 0.3) is 10.4 Å². The van der Waals surface area contributed by atoms with Gasteiger partial charge < -0.3 is 30.5 Å². The Kier molecular flexibility index (Phi) is 10.8. The molecule has 0 radical (unpaired) electrons. The Hall–Kier alpha value is -1.71. The molecule has 10 nitrogen and oxygen atoms in total. The predicted octanol–water partition coefficient (Wildman–Crippen LogP) is -2.36. The first-order valence-corrected chi connectivity index (χ1v) is 4.73. The van der Waals surface area contributed by atoms with E-state index in [0.717, 1.165) is 6.92 Å². The summed E-state index contributed by atoms with van der Waals surface area (Å²) in [5.41, 5.74) is 12.2. The second kappa shape index (κ2) is 10.4. The number of aliphatic hydroxyl groups excluding tert-OH is 4. The van der Waals surface area contributed by atoms with E-state index in [1.807, 2.05) is 0 Å². The summed E-state index contributed by atoms with van der Waals surface area (Å²) in [4.78, 5) is 22.8. The molecule has 0 aliphatic carbocycles. The van der Waals surface area contributed by atoms with Crippen LogP contribution in [0.4, 0.5) is 0 Å². The monoisotopic (exact) mass is 264 g/mol. The Labute approximate surface area is 102 Å². The van der Waals surface area contributed by atoms with E-state index in [1.54, 1.807) is 4.91 Å². The molecule has 4 atom stereocenters. The standard InChI is InChI=1S/C8H15NO6.HN3/c1-4(12)9-5(2-10)7(14)8(15)6(13)3-11;1-3-2/h2,5-8,11,13-15H,3H2,1H3,(H,9,12);1H/t5-,6+,7+,8+;/m0./s1. The lowest BCUT2D eigenvalue weighted by atomic mass is 10.0. The second-order valence-corrected chi connectivity index (χ2v) is 3.19. The summed E-state index contributed by atoms with van der Waals surface area (Å²) in [6.45, 7) is 0.377. The molecule has 6 N–H and O–H groups in total. The maximum absolute atomic E-state index is 10.6. The summed E-state index contributed by atoms with van der Waals surface area (Å²) in [5, 5.41) is 38.2. The Balaban J connectivity index is 0. The minimum Gasteiger partial charge on any atom is -0.394 e. The highest BCUT2D eigenvalue weighted by molar-refractivity contribution is 5.77. The summed E-state index contributed by atoms with van der Waals surface area (Å²) in [7, 11) is 0. The van der Waals surface area contributed by atoms with Gasteiger partial charge in [-0.05, 0) is 10.4 Å². The van der Waals surface area contributed by atoms with Gasteiger partial charge in [-0.25, -0.2) is 0 Å². The molecule has 0 saturated carbocycles. The average molecular weight is 264 g/mol. The van der Waals surface area contributed by atoms with Crippen molar-refractivity contribution in [3.8, 4) is 0 Å². The van der Waals surface area contributed by atoms with E-state index in [9.17, 15) is 19.8 Å². The van der Waals surface area contributed by atoms with Gasteiger partial charge in [0.15, 0.2) is 0 Å². The Bertz CT molecular complexity index is 293. The van der Waals surface area contributed by atoms with Gasteiger partial charge in [0.2, 0.25) is 5.91 Å². The fraction of sp³-hybridized carbons (Fsp3) is 0.750. The third kappa shape index (κ3) is 7.54. The third-order valence-electron chi connectivity index (χ3n) is 1.82. The van der Waals surface area contributed by atoms with Crippen molar-refractivity contribution < 1.29 is 30.0 Å². The lowest BCUT2D eigenvalue weighted by Crippen LogP contribution is -2.53. The maximum Gasteiger partial charge on any atom is 0.217 e. The van der Waals surface area contributed by atoms with Crippen LogP contribution < -0.4 is 5.32 Å². The molecule has 0 aromatic rings. The molecule has 0 fully saturated rings. The van der Waals surface area contributed by atoms with Crippen molar-refractivity contribution in [2.75, 3.05) is 6.61 Å². The van der Waals surface area contributed by atoms with Gasteiger partial charge in [-0.15, -0.1) is 5.53 Å². The fourth-order valence-corrected chi connectivity index (χ4v) is 0.983. The summed E-state index contributed by atoms with van der Waals surface area (Å²) < 4.78 is 0. The van der Waals surface area contributed by atoms with Gasteiger partial charge in [-0.2, -0.15) is 0 Å². The molecule has 0 aliphatic rings. The molecular formula is C8H16N4O6. The van der Waals surface area contributed by atoms with Crippen LogP contribution in [-0.4, -0.2) is 63.6 Å². The quantitative estimate of drug-likeness (QED) is 0.135. The Morgan fingerprint density at radius 3 is 2.17 bits per heavy atom. The molecule has 0 aromatic heterocycles. The van der Waals surface area contributed by atoms with Crippen LogP contribution in [-0.2, 0) is 9.59 Å². The fourth-order valence-electron chi connectivity index (χ4n) is 0.983. The second-order valence-electron chi connectivity index (χ2n) is 3.19. The number of nitrogens with one attached hydrogen (secondary N) is 2. The molecule has 0 aromatic carbocycles. The van der Waals surface area contributed by atoms with E-state index < -0.39 is 36.9 Å². The predicted molar refractivity (Wildman–Crippen MR) is 58.2 cm³/mol. The first-order chi connectivity index (χ1) is 8.35. The number of amides is 1. The van der Waals surface area contributed by atoms with E-state index in [-0.39, 0.29) is 6.29 Å². The lowest BCUT2D eigenvalue weighted by molar-refractivity contribution is -0.129. The molecule has 18 heavy (non-hydrogen) atoms. The molecule has 0 saturated heterocycles. The number of carbonyl (C=O) groups excluding carboxylic acids is 2. The van der Waals surface area contributed by atoms with Crippen LogP contribution >= 0.6 is 0 Å². The molecule has 0 unspecified atom stereocenters. The number of hydrogen-bond donors (Lipinski definition) is 6. The van der Waals surface area contributed by atoms with Crippen LogP contribution in [0.5, 0.6) is 0 Å². The molecular weight excluding hydrogens is 248 g/mol. The highest BCUT2D eigenvalue weighted by Gasteiger charge is 2.31. The van der Waals surface area contributed by atoms with Gasteiger partial charge in [-0.3, -0.25) is 4.79 Å². The molecule has 0 spiro atoms. The number of rotatable bonds is 6. The third-order valence-corrected chi connectivity index (χ3v) is 1.82. The normalized spacial score (nSPS) is 16.1. The zero-order valence-corrected chi connectivity index (χ0v) is 9.59. The number of aliphatic hydroxyl groups is 4. The highest BCUT2D eigenvalue weighted by atomic mass is 16.4. The van der Waals surface area contributed by atoms with Crippen LogP contribution in [0.15, 0.2) is 0 Å². The molecule has 1 amide bonds. The zero-order chi connectivity index (χ0) is 14.7. The van der Waals surface area contributed by atoms with Gasteiger partial charge in [0, 0.05) is 6.92 Å². The average Bonchev–Trinajstić information content (AvgIpc) is 2.33. The van der Waals surface area contributed by atoms with Crippen molar-refractivity contribution in [2.24, 2.45) is 0 Å². The Morgan fingerprint density at radius 2 is 1.89 bits per heavy atom. The highest BCUT2D eigenvalue weighted by Crippen LogP contribution is 2.03. The topological polar surface area (TPSA) is 187 Å². The van der Waals surface area contributed by atoms with Gasteiger partial charge in [0.25, 0.3) is 0 Å².